The molecule has 0 fully saturated rings. The Morgan fingerprint density at radius 1 is 1.47 bits per heavy atom. The van der Waals surface area contributed by atoms with Crippen molar-refractivity contribution in [2.75, 3.05) is 12.3 Å². The average molecular weight is 220 g/mol. The number of aromatic nitrogens is 1. The molecule has 0 atom stereocenters. The summed E-state index contributed by atoms with van der Waals surface area (Å²) in [5.41, 5.74) is 6.66. The molecule has 0 aliphatic carbocycles. The van der Waals surface area contributed by atoms with E-state index in [4.69, 9.17) is 10.8 Å². The number of nitrogens with zero attached hydrogens (tertiary/aromatic N) is 1. The van der Waals surface area contributed by atoms with E-state index in [0.717, 1.165) is 4.70 Å². The minimum absolute atomic E-state index is 0.0580. The fraction of sp³-hybridized carbons (Fsp3) is 0.100. The van der Waals surface area contributed by atoms with Crippen molar-refractivity contribution < 1.29 is 10.2 Å². The van der Waals surface area contributed by atoms with Crippen LogP contribution in [0.5, 0.6) is 5.75 Å². The molecule has 2 aromatic rings. The lowest BCUT2D eigenvalue weighted by Crippen LogP contribution is -1.80. The summed E-state index contributed by atoms with van der Waals surface area (Å²) in [6, 6.07) is 3.29. The van der Waals surface area contributed by atoms with Crippen molar-refractivity contribution in [3.63, 3.8) is 0 Å². The molecule has 4 N–H and O–H groups in total. The molecule has 0 saturated carbocycles. The van der Waals surface area contributed by atoms with Gasteiger partial charge in [0.25, 0.3) is 0 Å². The third-order valence-corrected chi connectivity index (χ3v) is 2.63. The number of anilines is 1. The number of fused-ring (bicyclic) bond motifs is 1. The minimum atomic E-state index is -0.205. The third-order valence-electron chi connectivity index (χ3n) is 1.80. The zero-order valence-corrected chi connectivity index (χ0v) is 8.51. The molecular weight excluding hydrogens is 212 g/mol. The number of thiazole rings is 1. The lowest BCUT2D eigenvalue weighted by molar-refractivity contribution is 0.350. The van der Waals surface area contributed by atoms with Crippen molar-refractivity contribution >= 4 is 26.7 Å². The maximum absolute atomic E-state index is 9.62. The summed E-state index contributed by atoms with van der Waals surface area (Å²) in [5, 5.41) is 18.6. The van der Waals surface area contributed by atoms with E-state index in [1.54, 1.807) is 6.07 Å². The smallest absolute Gasteiger partial charge is 0.181 e. The Morgan fingerprint density at radius 2 is 2.27 bits per heavy atom. The lowest BCUT2D eigenvalue weighted by atomic mass is 10.2. The van der Waals surface area contributed by atoms with Gasteiger partial charge in [0.15, 0.2) is 5.13 Å². The summed E-state index contributed by atoms with van der Waals surface area (Å²) < 4.78 is 0.787. The number of hydrogen-bond donors (Lipinski definition) is 3. The SMILES string of the molecule is Nc1nc2c(O)cc(C#CCO)cc2s1. The molecule has 5 heteroatoms. The number of aliphatic hydroxyl groups excluding tert-OH is 1. The molecular formula is C10H8N2O2S. The van der Waals surface area contributed by atoms with E-state index < -0.39 is 0 Å². The standard InChI is InChI=1S/C10H8N2O2S/c11-10-12-9-7(14)4-6(2-1-3-13)5-8(9)15-10/h4-5,13-14H,3H2,(H2,11,12). The molecule has 0 unspecified atom stereocenters. The van der Waals surface area contributed by atoms with Crippen LogP contribution in [-0.2, 0) is 0 Å². The number of phenols is 1. The van der Waals surface area contributed by atoms with Gasteiger partial charge in [-0.1, -0.05) is 23.2 Å². The molecule has 15 heavy (non-hydrogen) atoms. The fourth-order valence-corrected chi connectivity index (χ4v) is 2.04. The molecule has 1 aromatic heterocycles. The molecule has 0 saturated heterocycles. The highest BCUT2D eigenvalue weighted by Crippen LogP contribution is 2.31. The van der Waals surface area contributed by atoms with E-state index >= 15 is 0 Å². The van der Waals surface area contributed by atoms with Gasteiger partial charge in [0, 0.05) is 5.56 Å². The van der Waals surface area contributed by atoms with Gasteiger partial charge in [0.05, 0.1) is 4.70 Å². The number of nitrogen functional groups attached to an aromatic ring is 1. The first-order valence-corrected chi connectivity index (χ1v) is 5.01. The first-order chi connectivity index (χ1) is 7.20. The summed E-state index contributed by atoms with van der Waals surface area (Å²) in [4.78, 5) is 3.98. The van der Waals surface area contributed by atoms with Crippen molar-refractivity contribution in [2.45, 2.75) is 0 Å². The summed E-state index contributed by atoms with van der Waals surface area (Å²) >= 11 is 1.29. The Labute approximate surface area is 90.0 Å². The minimum Gasteiger partial charge on any atom is -0.506 e. The highest BCUT2D eigenvalue weighted by Gasteiger charge is 2.06. The zero-order valence-electron chi connectivity index (χ0n) is 7.69. The molecule has 0 aliphatic rings. The Kier molecular flexibility index (Phi) is 2.46. The summed E-state index contributed by atoms with van der Waals surface area (Å²) in [5.74, 6) is 5.28. The maximum atomic E-state index is 9.62. The normalized spacial score (nSPS) is 9.93. The number of benzene rings is 1. The summed E-state index contributed by atoms with van der Waals surface area (Å²) in [7, 11) is 0. The molecule has 0 bridgehead atoms. The molecule has 0 amide bonds. The summed E-state index contributed by atoms with van der Waals surface area (Å²) in [6.07, 6.45) is 0. The molecule has 0 radical (unpaired) electrons. The fourth-order valence-electron chi connectivity index (χ4n) is 1.24. The molecule has 4 nitrogen and oxygen atoms in total. The maximum Gasteiger partial charge on any atom is 0.181 e. The average Bonchev–Trinajstić information content (AvgIpc) is 2.56. The van der Waals surface area contributed by atoms with Crippen molar-refractivity contribution in [3.05, 3.63) is 17.7 Å². The topological polar surface area (TPSA) is 79.4 Å². The first kappa shape index (κ1) is 9.77. The van der Waals surface area contributed by atoms with Crippen molar-refractivity contribution in [1.82, 2.24) is 4.98 Å². The van der Waals surface area contributed by atoms with Crippen LogP contribution in [0.1, 0.15) is 5.56 Å². The van der Waals surface area contributed by atoms with Gasteiger partial charge in [0.2, 0.25) is 0 Å². The monoisotopic (exact) mass is 220 g/mol. The lowest BCUT2D eigenvalue weighted by Gasteiger charge is -1.94. The number of aliphatic hydroxyl groups is 1. The van der Waals surface area contributed by atoms with Crippen LogP contribution in [0.4, 0.5) is 5.13 Å². The van der Waals surface area contributed by atoms with Crippen molar-refractivity contribution in [2.24, 2.45) is 0 Å². The second-order valence-electron chi connectivity index (χ2n) is 2.85. The number of aromatic hydroxyl groups is 1. The number of nitrogens with two attached hydrogens (primary N) is 1. The van der Waals surface area contributed by atoms with E-state index in [1.165, 1.54) is 17.4 Å². The van der Waals surface area contributed by atoms with Gasteiger partial charge in [-0.05, 0) is 12.1 Å². The molecule has 0 spiro atoms. The highest BCUT2D eigenvalue weighted by molar-refractivity contribution is 7.22. The van der Waals surface area contributed by atoms with Gasteiger partial charge in [-0.15, -0.1) is 0 Å². The van der Waals surface area contributed by atoms with Crippen LogP contribution < -0.4 is 5.73 Å². The molecule has 2 rings (SSSR count). The van der Waals surface area contributed by atoms with Crippen LogP contribution in [0, 0.1) is 11.8 Å². The molecule has 0 aliphatic heterocycles. The second kappa shape index (κ2) is 3.77. The Morgan fingerprint density at radius 3 is 3.00 bits per heavy atom. The van der Waals surface area contributed by atoms with Gasteiger partial charge >= 0.3 is 0 Å². The molecule has 1 aromatic carbocycles. The van der Waals surface area contributed by atoms with Gasteiger partial charge in [-0.2, -0.15) is 0 Å². The number of rotatable bonds is 0. The first-order valence-electron chi connectivity index (χ1n) is 4.19. The van der Waals surface area contributed by atoms with Crippen LogP contribution in [0.2, 0.25) is 0 Å². The van der Waals surface area contributed by atoms with E-state index in [9.17, 15) is 5.11 Å². The van der Waals surface area contributed by atoms with Crippen LogP contribution in [0.15, 0.2) is 12.1 Å². The Balaban J connectivity index is 2.61. The number of hydrogen-bond acceptors (Lipinski definition) is 5. The highest BCUT2D eigenvalue weighted by atomic mass is 32.1. The third kappa shape index (κ3) is 1.86. The van der Waals surface area contributed by atoms with E-state index in [0.29, 0.717) is 16.2 Å². The van der Waals surface area contributed by atoms with Gasteiger partial charge in [0.1, 0.15) is 17.9 Å². The van der Waals surface area contributed by atoms with Crippen LogP contribution in [0.3, 0.4) is 0 Å². The van der Waals surface area contributed by atoms with Crippen molar-refractivity contribution in [1.29, 1.82) is 0 Å². The van der Waals surface area contributed by atoms with E-state index in [-0.39, 0.29) is 12.4 Å². The quantitative estimate of drug-likeness (QED) is 0.577. The van der Waals surface area contributed by atoms with Crippen LogP contribution >= 0.6 is 11.3 Å². The van der Waals surface area contributed by atoms with E-state index in [2.05, 4.69) is 16.8 Å². The molecule has 1 heterocycles. The zero-order chi connectivity index (χ0) is 10.8. The van der Waals surface area contributed by atoms with Gasteiger partial charge < -0.3 is 15.9 Å². The predicted octanol–water partition coefficient (Wildman–Crippen LogP) is 0.928. The number of phenolic OH excluding ortho intramolecular Hbond substituents is 1. The summed E-state index contributed by atoms with van der Waals surface area (Å²) in [6.45, 7) is -0.205. The molecule has 76 valence electrons. The Hall–Kier alpha value is -1.77. The van der Waals surface area contributed by atoms with Gasteiger partial charge in [-0.3, -0.25) is 0 Å². The van der Waals surface area contributed by atoms with Crippen molar-refractivity contribution in [3.8, 4) is 17.6 Å². The Bertz CT molecular complexity index is 566. The largest absolute Gasteiger partial charge is 0.506 e. The predicted molar refractivity (Wildman–Crippen MR) is 59.7 cm³/mol. The van der Waals surface area contributed by atoms with Crippen LogP contribution in [-0.4, -0.2) is 21.8 Å². The van der Waals surface area contributed by atoms with E-state index in [1.807, 2.05) is 0 Å². The van der Waals surface area contributed by atoms with Gasteiger partial charge in [-0.25, -0.2) is 4.98 Å². The second-order valence-corrected chi connectivity index (χ2v) is 3.92. The van der Waals surface area contributed by atoms with Crippen LogP contribution in [0.25, 0.3) is 10.2 Å².